The van der Waals surface area contributed by atoms with Crippen LogP contribution in [0.3, 0.4) is 0 Å². The molecule has 3 unspecified atom stereocenters. The van der Waals surface area contributed by atoms with Gasteiger partial charge < -0.3 is 66.3 Å². The molecule has 78 heavy (non-hydrogen) atoms. The van der Waals surface area contributed by atoms with Crippen LogP contribution in [-0.2, 0) is 38.2 Å². The van der Waals surface area contributed by atoms with Gasteiger partial charge in [-0.3, -0.25) is 33.8 Å². The molecule has 454 valence electrons. The summed E-state index contributed by atoms with van der Waals surface area (Å²) in [5, 5.41) is 47.6. The van der Waals surface area contributed by atoms with E-state index in [2.05, 4.69) is 16.0 Å². The first-order valence-corrected chi connectivity index (χ1v) is 26.6. The van der Waals surface area contributed by atoms with Crippen LogP contribution in [-0.4, -0.2) is 215 Å². The number of aliphatic hydroxyl groups is 3. The van der Waals surface area contributed by atoms with Gasteiger partial charge in [0, 0.05) is 38.3 Å². The van der Waals surface area contributed by atoms with Crippen LogP contribution in [0.4, 0.5) is 9.59 Å². The normalized spacial score (nSPS) is 24.6. The SMILES string of the molecule is C.C.C.CC(C)(C)N.CC(C)CNC(=O)[C@H]([C@@H](C)O)N1CC2(CCCN2)C1=O.CC(C)CNC(=O)[C@H]([C@@H](C)O)N1CC2(CCCN2C(=O)OC(C)(C)C)C1=O.C[C@@H](O)[C@@H](C(=O)O)N1CC2(CCCN2C(=O)OC(C)(C)C)C1=O. The van der Waals surface area contributed by atoms with Crippen molar-refractivity contribution in [3.63, 3.8) is 0 Å². The van der Waals surface area contributed by atoms with E-state index in [9.17, 15) is 58.8 Å². The maximum Gasteiger partial charge on any atom is 0.411 e. The van der Waals surface area contributed by atoms with E-state index in [4.69, 9.17) is 15.2 Å². The number of nitrogens with zero attached hydrogens (tertiary/aromatic N) is 5. The van der Waals surface area contributed by atoms with Crippen molar-refractivity contribution in [1.82, 2.24) is 40.4 Å². The van der Waals surface area contributed by atoms with Crippen LogP contribution in [0.5, 0.6) is 0 Å². The number of nitrogens with one attached hydrogen (secondary N) is 3. The molecule has 6 heterocycles. The smallest absolute Gasteiger partial charge is 0.411 e. The molecule has 0 aromatic heterocycles. The molecule has 0 saturated carbocycles. The number of ether oxygens (including phenoxy) is 2. The number of aliphatic carboxylic acids is 1. The minimum absolute atomic E-state index is 0. The van der Waals surface area contributed by atoms with Gasteiger partial charge in [-0.2, -0.15) is 0 Å². The highest BCUT2D eigenvalue weighted by Crippen LogP contribution is 2.43. The number of aliphatic hydroxyl groups excluding tert-OH is 3. The van der Waals surface area contributed by atoms with E-state index >= 15 is 0 Å². The van der Waals surface area contributed by atoms with E-state index in [0.29, 0.717) is 64.3 Å². The molecule has 9 atom stereocenters. The minimum atomic E-state index is -1.30. The molecule has 0 radical (unpaired) electrons. The number of hydrogen-bond acceptors (Lipinski definition) is 15. The van der Waals surface area contributed by atoms with Gasteiger partial charge in [-0.1, -0.05) is 50.0 Å². The second kappa shape index (κ2) is 28.5. The summed E-state index contributed by atoms with van der Waals surface area (Å²) in [6, 6.07) is -3.04. The van der Waals surface area contributed by atoms with Crippen LogP contribution in [0.1, 0.15) is 172 Å². The van der Waals surface area contributed by atoms with E-state index in [1.165, 1.54) is 33.4 Å². The third-order valence-electron chi connectivity index (χ3n) is 13.3. The summed E-state index contributed by atoms with van der Waals surface area (Å²) in [6.07, 6.45) is 0.0574. The molecule has 0 aromatic carbocycles. The molecule has 0 bridgehead atoms. The number of carbonyl (C=O) groups is 8. The Hall–Kier alpha value is -4.84. The van der Waals surface area contributed by atoms with Crippen molar-refractivity contribution >= 4 is 47.7 Å². The fourth-order valence-electron chi connectivity index (χ4n) is 9.96. The van der Waals surface area contributed by atoms with Crippen molar-refractivity contribution in [2.24, 2.45) is 17.6 Å². The molecule has 6 aliphatic rings. The number of carboxylic acid groups (broad SMARTS) is 1. The molecule has 9 N–H and O–H groups in total. The van der Waals surface area contributed by atoms with Gasteiger partial charge in [-0.15, -0.1) is 0 Å². The molecule has 23 heteroatoms. The largest absolute Gasteiger partial charge is 0.480 e. The summed E-state index contributed by atoms with van der Waals surface area (Å²) in [7, 11) is 0. The zero-order valence-electron chi connectivity index (χ0n) is 47.7. The Labute approximate surface area is 466 Å². The molecule has 0 aliphatic carbocycles. The lowest BCUT2D eigenvalue weighted by Gasteiger charge is -2.53. The van der Waals surface area contributed by atoms with Gasteiger partial charge in [0.15, 0.2) is 6.04 Å². The van der Waals surface area contributed by atoms with Crippen LogP contribution >= 0.6 is 0 Å². The van der Waals surface area contributed by atoms with Crippen molar-refractivity contribution < 1.29 is 68.3 Å². The predicted octanol–water partition coefficient (Wildman–Crippen LogP) is 3.68. The number of β-lactam (4-membered cyclic amide) rings is 3. The summed E-state index contributed by atoms with van der Waals surface area (Å²) < 4.78 is 10.8. The second-order valence-electron chi connectivity index (χ2n) is 25.0. The number of likely N-dealkylation sites (tertiary alicyclic amines) is 5. The maximum atomic E-state index is 13.0. The number of nitrogens with two attached hydrogens (primary N) is 1. The number of carboxylic acids is 1. The Morgan fingerprint density at radius 2 is 0.910 bits per heavy atom. The van der Waals surface area contributed by atoms with E-state index in [1.807, 2.05) is 48.5 Å². The number of rotatable bonds is 13. The minimum Gasteiger partial charge on any atom is -0.480 e. The summed E-state index contributed by atoms with van der Waals surface area (Å²) in [6.45, 7) is 32.4. The highest BCUT2D eigenvalue weighted by Gasteiger charge is 2.64. The van der Waals surface area contributed by atoms with Gasteiger partial charge in [-0.05, 0) is 140 Å². The zero-order valence-corrected chi connectivity index (χ0v) is 47.7. The quantitative estimate of drug-likeness (QED) is 0.122. The average Bonchev–Trinajstić information content (AvgIpc) is 4.04. The Morgan fingerprint density at radius 3 is 1.17 bits per heavy atom. The van der Waals surface area contributed by atoms with Crippen LogP contribution in [0.2, 0.25) is 0 Å². The molecule has 6 fully saturated rings. The van der Waals surface area contributed by atoms with Crippen molar-refractivity contribution in [3.8, 4) is 0 Å². The Balaban J connectivity index is 0.00000108. The fourth-order valence-corrected chi connectivity index (χ4v) is 9.96. The Kier molecular flexibility index (Phi) is 26.8. The number of amides is 7. The maximum absolute atomic E-state index is 13.0. The molecule has 6 aliphatic heterocycles. The lowest BCUT2D eigenvalue weighted by atomic mass is 9.83. The molecule has 6 rings (SSSR count). The van der Waals surface area contributed by atoms with Crippen LogP contribution in [0.25, 0.3) is 0 Å². The molecule has 0 aromatic rings. The Morgan fingerprint density at radius 1 is 0.577 bits per heavy atom. The van der Waals surface area contributed by atoms with Gasteiger partial charge in [0.05, 0.1) is 31.4 Å². The Bertz CT molecular complexity index is 2040. The monoisotopic (exact) mass is 1120 g/mol. The van der Waals surface area contributed by atoms with Crippen molar-refractivity contribution in [2.75, 3.05) is 52.4 Å². The van der Waals surface area contributed by atoms with E-state index in [-0.39, 0.29) is 70.5 Å². The third-order valence-corrected chi connectivity index (χ3v) is 13.3. The zero-order chi connectivity index (χ0) is 57.6. The lowest BCUT2D eigenvalue weighted by Crippen LogP contribution is -2.77. The molecule has 7 amide bonds. The van der Waals surface area contributed by atoms with Gasteiger partial charge in [0.25, 0.3) is 11.8 Å². The number of hydrogen-bond donors (Lipinski definition) is 8. The molecule has 3 spiro atoms. The molecular weight excluding hydrogens is 1010 g/mol. The highest BCUT2D eigenvalue weighted by molar-refractivity contribution is 6.01. The van der Waals surface area contributed by atoms with E-state index < -0.39 is 88.3 Å². The van der Waals surface area contributed by atoms with Gasteiger partial charge in [0.2, 0.25) is 17.7 Å². The first kappa shape index (κ1) is 73.2. The van der Waals surface area contributed by atoms with Gasteiger partial charge in [0.1, 0.15) is 39.9 Å². The van der Waals surface area contributed by atoms with Crippen molar-refractivity contribution in [3.05, 3.63) is 0 Å². The topological polar surface area (TPSA) is 314 Å². The summed E-state index contributed by atoms with van der Waals surface area (Å²) in [5.41, 5.74) is 1.60. The standard InChI is InChI=1S/C19H33N3O5.C15H24N2O6.C14H25N3O3.C4H11N.3CH4/c1-12(2)10-20-15(24)14(13(3)23)21-11-19(16(21)25)8-7-9-22(19)17(26)27-18(4,5)6;1-9(18)10(11(19)20)16-8-15(12(16)21)6-5-7-17(15)13(22)23-14(2,3)4;1-9(2)7-15-12(19)11(10(3)18)17-8-14(13(17)20)5-4-6-16-14;1-4(2,3)5;;;/h12-14,23H,7-11H2,1-6H3,(H,20,24);9-10,18H,5-8H2,1-4H3,(H,19,20);9-11,16,18H,4-8H2,1-3H3,(H,15,19);5H2,1-3H3;3*1H4/t13-,14+,19?;9-,10+,15?;10-,11+,14?;;;;/m111..../s1. The van der Waals surface area contributed by atoms with Crippen molar-refractivity contribution in [2.45, 2.75) is 241 Å². The average molecular weight is 1120 g/mol. The van der Waals surface area contributed by atoms with E-state index in [0.717, 1.165) is 24.3 Å². The van der Waals surface area contributed by atoms with Crippen LogP contribution < -0.4 is 21.7 Å². The number of carbonyl (C=O) groups excluding carboxylic acids is 7. The summed E-state index contributed by atoms with van der Waals surface area (Å²) in [4.78, 5) is 106. The molecule has 23 nitrogen and oxygen atoms in total. The molecule has 6 saturated heterocycles. The van der Waals surface area contributed by atoms with Gasteiger partial charge >= 0.3 is 18.2 Å². The van der Waals surface area contributed by atoms with Crippen LogP contribution in [0.15, 0.2) is 0 Å². The predicted molar refractivity (Wildman–Crippen MR) is 299 cm³/mol. The summed E-state index contributed by atoms with van der Waals surface area (Å²) in [5.74, 6) is -2.09. The van der Waals surface area contributed by atoms with Gasteiger partial charge in [-0.25, -0.2) is 14.4 Å². The first-order valence-electron chi connectivity index (χ1n) is 26.6. The first-order chi connectivity index (χ1) is 34.3. The van der Waals surface area contributed by atoms with E-state index in [1.54, 1.807) is 48.5 Å². The second-order valence-corrected chi connectivity index (χ2v) is 25.0. The third kappa shape index (κ3) is 18.1. The summed E-state index contributed by atoms with van der Waals surface area (Å²) >= 11 is 0. The molecular formula is C55H105N9O14. The highest BCUT2D eigenvalue weighted by atomic mass is 16.6. The van der Waals surface area contributed by atoms with Crippen LogP contribution in [0, 0.1) is 11.8 Å². The van der Waals surface area contributed by atoms with Crippen molar-refractivity contribution in [1.29, 1.82) is 0 Å². The fraction of sp³-hybridized carbons (Fsp3) is 0.855. The lowest BCUT2D eigenvalue weighted by molar-refractivity contribution is -0.176.